The van der Waals surface area contributed by atoms with Crippen LogP contribution in [0.3, 0.4) is 0 Å². The van der Waals surface area contributed by atoms with Gasteiger partial charge in [-0.15, -0.1) is 0 Å². The summed E-state index contributed by atoms with van der Waals surface area (Å²) < 4.78 is 0. The molecule has 1 aliphatic carbocycles. The molecule has 0 radical (unpaired) electrons. The molecule has 0 saturated heterocycles. The van der Waals surface area contributed by atoms with Gasteiger partial charge in [-0.2, -0.15) is 0 Å². The van der Waals surface area contributed by atoms with Crippen molar-refractivity contribution < 1.29 is 0 Å². The number of pyridine rings is 1. The number of benzene rings is 1. The van der Waals surface area contributed by atoms with Gasteiger partial charge in [0.25, 0.3) is 0 Å². The van der Waals surface area contributed by atoms with Crippen molar-refractivity contribution in [2.45, 2.75) is 26.7 Å². The largest absolute Gasteiger partial charge is 0.337 e. The average molecular weight is 387 g/mol. The zero-order valence-corrected chi connectivity index (χ0v) is 17.8. The van der Waals surface area contributed by atoms with Crippen LogP contribution < -0.4 is 0 Å². The molecule has 4 rings (SSSR count). The van der Waals surface area contributed by atoms with Crippen molar-refractivity contribution in [2.75, 3.05) is 20.6 Å². The first-order valence-corrected chi connectivity index (χ1v) is 10.3. The van der Waals surface area contributed by atoms with Crippen LogP contribution in [-0.2, 0) is 0 Å². The van der Waals surface area contributed by atoms with E-state index in [4.69, 9.17) is 4.98 Å². The van der Waals surface area contributed by atoms with Gasteiger partial charge in [-0.1, -0.05) is 68.5 Å². The summed E-state index contributed by atoms with van der Waals surface area (Å²) in [6.07, 6.45) is 12.7. The first kappa shape index (κ1) is 20.7. The van der Waals surface area contributed by atoms with Gasteiger partial charge in [-0.3, -0.25) is 0 Å². The maximum atomic E-state index is 4.73. The standard InChI is InChI=1S/C23H24N4.C2H6/c1-27(2)16-17-8-6-7-11-19(13-12-17)22-25-21-14-20(15-24-23(21)26-22)18-9-4-3-5-10-18;1-2/h3-6,8-12,14-15H,7,13,16H2,1-2H3,(H,24,25,26);1-2H3/b8-6?,17-12+,19-11+;. The highest BCUT2D eigenvalue weighted by Crippen LogP contribution is 2.25. The quantitative estimate of drug-likeness (QED) is 0.610. The summed E-state index contributed by atoms with van der Waals surface area (Å²) in [5.74, 6) is 0.915. The second-order valence-corrected chi connectivity index (χ2v) is 7.13. The number of likely N-dealkylation sites (N-methyl/N-ethyl adjacent to an activating group) is 1. The minimum atomic E-state index is 0.765. The zero-order valence-electron chi connectivity index (χ0n) is 17.8. The van der Waals surface area contributed by atoms with E-state index >= 15 is 0 Å². The molecule has 2 heterocycles. The number of hydrogen-bond donors (Lipinski definition) is 1. The molecule has 0 amide bonds. The number of nitrogens with one attached hydrogen (secondary N) is 1. The topological polar surface area (TPSA) is 44.8 Å². The molecule has 1 aliphatic rings. The Morgan fingerprint density at radius 1 is 1.03 bits per heavy atom. The molecule has 150 valence electrons. The summed E-state index contributed by atoms with van der Waals surface area (Å²) in [7, 11) is 4.19. The molecule has 0 bridgehead atoms. The van der Waals surface area contributed by atoms with Crippen molar-refractivity contribution in [3.63, 3.8) is 0 Å². The second-order valence-electron chi connectivity index (χ2n) is 7.13. The van der Waals surface area contributed by atoms with Crippen LogP contribution in [0.25, 0.3) is 27.9 Å². The predicted octanol–water partition coefficient (Wildman–Crippen LogP) is 5.87. The van der Waals surface area contributed by atoms with Crippen LogP contribution in [0.1, 0.15) is 32.5 Å². The van der Waals surface area contributed by atoms with Gasteiger partial charge in [0.05, 0.1) is 5.52 Å². The minimum absolute atomic E-state index is 0.765. The van der Waals surface area contributed by atoms with Gasteiger partial charge in [0.15, 0.2) is 5.65 Å². The lowest BCUT2D eigenvalue weighted by atomic mass is 10.0. The van der Waals surface area contributed by atoms with Crippen LogP contribution in [0.2, 0.25) is 0 Å². The molecule has 2 aromatic heterocycles. The van der Waals surface area contributed by atoms with Crippen LogP contribution in [0, 0.1) is 0 Å². The summed E-state index contributed by atoms with van der Waals surface area (Å²) in [6.45, 7) is 4.95. The monoisotopic (exact) mass is 386 g/mol. The number of aromatic amines is 1. The van der Waals surface area contributed by atoms with Gasteiger partial charge >= 0.3 is 0 Å². The number of fused-ring (bicyclic) bond motifs is 1. The highest BCUT2D eigenvalue weighted by atomic mass is 15.0. The maximum Gasteiger partial charge on any atom is 0.178 e. The number of nitrogens with zero attached hydrogens (tertiary/aromatic N) is 3. The van der Waals surface area contributed by atoms with Crippen molar-refractivity contribution in [1.29, 1.82) is 0 Å². The SMILES string of the molecule is CC.CN(C)C/C1=C/C/C(c2nc3ncc(-c4ccccc4)cc3[nH]2)=C\CC=C1. The Labute approximate surface area is 173 Å². The van der Waals surface area contributed by atoms with E-state index in [1.807, 2.05) is 38.2 Å². The molecule has 0 aliphatic heterocycles. The van der Waals surface area contributed by atoms with Gasteiger partial charge in [0, 0.05) is 18.3 Å². The third kappa shape index (κ3) is 5.30. The number of hydrogen-bond acceptors (Lipinski definition) is 3. The molecular formula is C25H30N4. The molecule has 1 aromatic carbocycles. The van der Waals surface area contributed by atoms with E-state index in [1.165, 1.54) is 11.1 Å². The fourth-order valence-electron chi connectivity index (χ4n) is 3.34. The highest BCUT2D eigenvalue weighted by Gasteiger charge is 2.10. The Hall–Kier alpha value is -2.98. The van der Waals surface area contributed by atoms with Gasteiger partial charge in [0.2, 0.25) is 0 Å². The first-order valence-electron chi connectivity index (χ1n) is 10.3. The molecule has 3 aromatic rings. The fourth-order valence-corrected chi connectivity index (χ4v) is 3.34. The summed E-state index contributed by atoms with van der Waals surface area (Å²) in [5, 5.41) is 0. The van der Waals surface area contributed by atoms with Gasteiger partial charge in [-0.25, -0.2) is 9.97 Å². The van der Waals surface area contributed by atoms with Crippen molar-refractivity contribution in [3.8, 4) is 11.1 Å². The molecule has 1 N–H and O–H groups in total. The number of rotatable bonds is 4. The summed E-state index contributed by atoms with van der Waals surface area (Å²) in [6, 6.07) is 12.4. The number of imidazole rings is 1. The molecule has 4 nitrogen and oxygen atoms in total. The third-order valence-electron chi connectivity index (χ3n) is 4.66. The van der Waals surface area contributed by atoms with Crippen molar-refractivity contribution >= 4 is 16.7 Å². The smallest absolute Gasteiger partial charge is 0.178 e. The van der Waals surface area contributed by atoms with Crippen LogP contribution in [0.5, 0.6) is 0 Å². The molecule has 0 unspecified atom stereocenters. The van der Waals surface area contributed by atoms with Crippen molar-refractivity contribution in [1.82, 2.24) is 19.9 Å². The minimum Gasteiger partial charge on any atom is -0.337 e. The molecule has 29 heavy (non-hydrogen) atoms. The summed E-state index contributed by atoms with van der Waals surface area (Å²) in [4.78, 5) is 15.0. The normalized spacial score (nSPS) is 17.6. The van der Waals surface area contributed by atoms with E-state index in [2.05, 4.69) is 71.5 Å². The van der Waals surface area contributed by atoms with E-state index < -0.39 is 0 Å². The number of allylic oxidation sites excluding steroid dienone is 4. The molecule has 4 heteroatoms. The van der Waals surface area contributed by atoms with Crippen molar-refractivity contribution in [3.05, 3.63) is 78.3 Å². The Balaban J connectivity index is 0.00000117. The van der Waals surface area contributed by atoms with Gasteiger partial charge in [-0.05, 0) is 49.7 Å². The molecular weight excluding hydrogens is 356 g/mol. The first-order chi connectivity index (χ1) is 14.2. The van der Waals surface area contributed by atoms with Gasteiger partial charge < -0.3 is 9.88 Å². The molecule has 0 spiro atoms. The van der Waals surface area contributed by atoms with Gasteiger partial charge in [0.1, 0.15) is 5.82 Å². The zero-order chi connectivity index (χ0) is 20.6. The predicted molar refractivity (Wildman–Crippen MR) is 124 cm³/mol. The summed E-state index contributed by atoms with van der Waals surface area (Å²) in [5.41, 5.74) is 6.56. The van der Waals surface area contributed by atoms with Crippen molar-refractivity contribution in [2.24, 2.45) is 0 Å². The van der Waals surface area contributed by atoms with E-state index in [1.54, 1.807) is 0 Å². The number of H-pyrrole nitrogens is 1. The molecule has 0 saturated carbocycles. The Morgan fingerprint density at radius 3 is 2.59 bits per heavy atom. The van der Waals surface area contributed by atoms with Crippen LogP contribution >= 0.6 is 0 Å². The Morgan fingerprint density at radius 2 is 1.83 bits per heavy atom. The van der Waals surface area contributed by atoms with Crippen LogP contribution in [0.4, 0.5) is 0 Å². The van der Waals surface area contributed by atoms with E-state index in [-0.39, 0.29) is 0 Å². The fraction of sp³-hybridized carbons (Fsp3) is 0.280. The van der Waals surface area contributed by atoms with E-state index in [0.717, 1.165) is 47.5 Å². The lowest BCUT2D eigenvalue weighted by Gasteiger charge is -2.12. The average Bonchev–Trinajstić information content (AvgIpc) is 3.15. The Kier molecular flexibility index (Phi) is 7.14. The van der Waals surface area contributed by atoms with E-state index in [0.29, 0.717) is 0 Å². The van der Waals surface area contributed by atoms with Crippen LogP contribution in [0.15, 0.2) is 72.5 Å². The second kappa shape index (κ2) is 9.99. The van der Waals surface area contributed by atoms with E-state index in [9.17, 15) is 0 Å². The lowest BCUT2D eigenvalue weighted by molar-refractivity contribution is 0.448. The molecule has 0 fully saturated rings. The number of aromatic nitrogens is 3. The summed E-state index contributed by atoms with van der Waals surface area (Å²) >= 11 is 0. The molecule has 0 atom stereocenters. The maximum absolute atomic E-state index is 4.73. The Bertz CT molecular complexity index is 1020. The highest BCUT2D eigenvalue weighted by molar-refractivity contribution is 5.80. The lowest BCUT2D eigenvalue weighted by Crippen LogP contribution is -2.14. The van der Waals surface area contributed by atoms with Crippen LogP contribution in [-0.4, -0.2) is 40.5 Å². The third-order valence-corrected chi connectivity index (χ3v) is 4.66.